The van der Waals surface area contributed by atoms with Crippen LogP contribution < -0.4 is 0 Å². The summed E-state index contributed by atoms with van der Waals surface area (Å²) in [5.41, 5.74) is 0. The first kappa shape index (κ1) is 19.1. The van der Waals surface area contributed by atoms with Crippen molar-refractivity contribution >= 4 is 40.1 Å². The van der Waals surface area contributed by atoms with Crippen molar-refractivity contribution in [2.24, 2.45) is 0 Å². The van der Waals surface area contributed by atoms with Gasteiger partial charge in [-0.15, -0.1) is 0 Å². The van der Waals surface area contributed by atoms with Gasteiger partial charge in [-0.2, -0.15) is 0 Å². The van der Waals surface area contributed by atoms with Gasteiger partial charge in [0.1, 0.15) is 0 Å². The zero-order chi connectivity index (χ0) is 14.1. The summed E-state index contributed by atoms with van der Waals surface area (Å²) in [6.45, 7) is 8.20. The van der Waals surface area contributed by atoms with E-state index in [4.69, 9.17) is 9.05 Å². The van der Waals surface area contributed by atoms with Crippen LogP contribution in [0.4, 0.5) is 0 Å². The number of halogens is 2. The molecule has 4 unspecified atom stereocenters. The summed E-state index contributed by atoms with van der Waals surface area (Å²) in [5.74, 6) is 0. The lowest BCUT2D eigenvalue weighted by Gasteiger charge is -2.24. The van der Waals surface area contributed by atoms with E-state index >= 15 is 0 Å². The number of alkyl halides is 2. The Morgan fingerprint density at radius 2 is 1.17 bits per heavy atom. The summed E-state index contributed by atoms with van der Waals surface area (Å²) in [5, 5.41) is 0. The highest BCUT2D eigenvalue weighted by Crippen LogP contribution is 2.35. The van der Waals surface area contributed by atoms with E-state index in [1.807, 2.05) is 13.8 Å². The average molecular weight is 408 g/mol. The Morgan fingerprint density at radius 1 is 0.833 bits per heavy atom. The molecule has 4 atom stereocenters. The maximum atomic E-state index is 11.9. The topological polar surface area (TPSA) is 35.5 Å². The molecule has 0 amide bonds. The maximum Gasteiger partial charge on any atom is 0.319 e. The third-order valence-electron chi connectivity index (χ3n) is 2.89. The van der Waals surface area contributed by atoms with E-state index in [0.717, 1.165) is 25.7 Å². The van der Waals surface area contributed by atoms with Crippen LogP contribution in [-0.2, 0) is 13.6 Å². The minimum Gasteiger partial charge on any atom is -0.306 e. The van der Waals surface area contributed by atoms with Crippen LogP contribution in [0.25, 0.3) is 0 Å². The lowest BCUT2D eigenvalue weighted by Crippen LogP contribution is -2.23. The first-order chi connectivity index (χ1) is 8.49. The fourth-order valence-corrected chi connectivity index (χ4v) is 4.20. The monoisotopic (exact) mass is 406 g/mol. The second kappa shape index (κ2) is 10.8. The predicted octanol–water partition coefficient (Wildman–Crippen LogP) is 5.31. The molecule has 18 heavy (non-hydrogen) atoms. The Hall–Kier alpha value is 1.11. The lowest BCUT2D eigenvalue weighted by molar-refractivity contribution is 0.122. The molecule has 0 heterocycles. The lowest BCUT2D eigenvalue weighted by atomic mass is 10.2. The van der Waals surface area contributed by atoms with E-state index < -0.39 is 8.25 Å². The van der Waals surface area contributed by atoms with Gasteiger partial charge in [0.05, 0.1) is 12.2 Å². The summed E-state index contributed by atoms with van der Waals surface area (Å²) in [4.78, 5) is 0.456. The molecule has 0 aliphatic rings. The Labute approximate surface area is 129 Å². The molecule has 0 rings (SSSR count). The molecule has 0 aromatic carbocycles. The van der Waals surface area contributed by atoms with Gasteiger partial charge in [-0.3, -0.25) is 4.57 Å². The Balaban J connectivity index is 4.30. The molecule has 0 aromatic heterocycles. The minimum atomic E-state index is -2.43. The van der Waals surface area contributed by atoms with E-state index in [1.165, 1.54) is 0 Å². The van der Waals surface area contributed by atoms with Crippen molar-refractivity contribution in [3.8, 4) is 0 Å². The van der Waals surface area contributed by atoms with E-state index in [1.54, 1.807) is 0 Å². The molecule has 6 heteroatoms. The third-order valence-corrected chi connectivity index (χ3v) is 6.35. The third kappa shape index (κ3) is 7.04. The van der Waals surface area contributed by atoms with Gasteiger partial charge in [0, 0.05) is 9.65 Å². The second-order valence-corrected chi connectivity index (χ2v) is 7.55. The van der Waals surface area contributed by atoms with Crippen LogP contribution in [0.2, 0.25) is 0 Å². The van der Waals surface area contributed by atoms with E-state index in [2.05, 4.69) is 45.7 Å². The summed E-state index contributed by atoms with van der Waals surface area (Å²) in [7, 11) is -2.43. The van der Waals surface area contributed by atoms with Gasteiger partial charge in [-0.25, -0.2) is 0 Å². The van der Waals surface area contributed by atoms with Gasteiger partial charge in [0.2, 0.25) is 0 Å². The molecule has 0 radical (unpaired) electrons. The summed E-state index contributed by atoms with van der Waals surface area (Å²) in [6, 6.07) is 0. The smallest absolute Gasteiger partial charge is 0.306 e. The molecule has 0 fully saturated rings. The molecule has 3 nitrogen and oxygen atoms in total. The van der Waals surface area contributed by atoms with Crippen molar-refractivity contribution in [1.82, 2.24) is 0 Å². The van der Waals surface area contributed by atoms with Crippen molar-refractivity contribution in [2.45, 2.75) is 75.2 Å². The molecule has 0 bridgehead atoms. The van der Waals surface area contributed by atoms with E-state index in [0.29, 0.717) is 0 Å². The zero-order valence-electron chi connectivity index (χ0n) is 11.6. The van der Waals surface area contributed by atoms with E-state index in [9.17, 15) is 4.57 Å². The van der Waals surface area contributed by atoms with Crippen LogP contribution >= 0.6 is 40.1 Å². The zero-order valence-corrected chi connectivity index (χ0v) is 15.8. The molecule has 0 aliphatic carbocycles. The highest BCUT2D eigenvalue weighted by atomic mass is 79.9. The standard InChI is InChI=1S/C12H25Br2O3P/c1-5-9(13)11(7-3)16-18(15)17-12(8-4)10(14)6-2/h9-12,18H,5-8H2,1-4H3. The van der Waals surface area contributed by atoms with Gasteiger partial charge < -0.3 is 9.05 Å². The Bertz CT molecular complexity index is 219. The Morgan fingerprint density at radius 3 is 1.39 bits per heavy atom. The normalized spacial score (nSPS) is 20.1. The molecular weight excluding hydrogens is 383 g/mol. The molecule has 0 spiro atoms. The number of rotatable bonds is 10. The van der Waals surface area contributed by atoms with Crippen LogP contribution in [0.3, 0.4) is 0 Å². The summed E-state index contributed by atoms with van der Waals surface area (Å²) < 4.78 is 23.0. The van der Waals surface area contributed by atoms with Crippen LogP contribution in [0.5, 0.6) is 0 Å². The molecule has 0 aromatic rings. The van der Waals surface area contributed by atoms with Crippen molar-refractivity contribution in [3.05, 3.63) is 0 Å². The molecule has 0 aliphatic heterocycles. The van der Waals surface area contributed by atoms with Crippen LogP contribution in [0, 0.1) is 0 Å². The molecular formula is C12H25Br2O3P. The number of hydrogen-bond acceptors (Lipinski definition) is 3. The Kier molecular flexibility index (Phi) is 11.5. The fraction of sp³-hybridized carbons (Fsp3) is 1.00. The fourth-order valence-electron chi connectivity index (χ4n) is 1.63. The minimum absolute atomic E-state index is 0.0469. The molecule has 0 saturated carbocycles. The van der Waals surface area contributed by atoms with Gasteiger partial charge >= 0.3 is 8.25 Å². The first-order valence-electron chi connectivity index (χ1n) is 6.65. The van der Waals surface area contributed by atoms with Crippen molar-refractivity contribution < 1.29 is 13.6 Å². The quantitative estimate of drug-likeness (QED) is 0.363. The highest BCUT2D eigenvalue weighted by Gasteiger charge is 2.23. The molecule has 110 valence electrons. The van der Waals surface area contributed by atoms with Crippen molar-refractivity contribution in [3.63, 3.8) is 0 Å². The van der Waals surface area contributed by atoms with Gasteiger partial charge in [0.25, 0.3) is 0 Å². The van der Waals surface area contributed by atoms with E-state index in [-0.39, 0.29) is 21.9 Å². The largest absolute Gasteiger partial charge is 0.319 e. The van der Waals surface area contributed by atoms with Gasteiger partial charge in [-0.1, -0.05) is 59.6 Å². The van der Waals surface area contributed by atoms with Gasteiger partial charge in [-0.05, 0) is 25.7 Å². The SMILES string of the molecule is CCC(Br)C(CC)O[PH](=O)OC(CC)C(Br)CC. The summed E-state index contributed by atoms with van der Waals surface area (Å²) >= 11 is 7.09. The van der Waals surface area contributed by atoms with Crippen molar-refractivity contribution in [1.29, 1.82) is 0 Å². The maximum absolute atomic E-state index is 11.9. The van der Waals surface area contributed by atoms with Crippen LogP contribution in [0.15, 0.2) is 0 Å². The van der Waals surface area contributed by atoms with Crippen LogP contribution in [0.1, 0.15) is 53.4 Å². The first-order valence-corrected chi connectivity index (χ1v) is 9.70. The number of hydrogen-bond donors (Lipinski definition) is 0. The average Bonchev–Trinajstić information content (AvgIpc) is 2.40. The van der Waals surface area contributed by atoms with Gasteiger partial charge in [0.15, 0.2) is 0 Å². The second-order valence-electron chi connectivity index (χ2n) is 4.23. The van der Waals surface area contributed by atoms with Crippen LogP contribution in [-0.4, -0.2) is 21.9 Å². The highest BCUT2D eigenvalue weighted by molar-refractivity contribution is 9.09. The van der Waals surface area contributed by atoms with Crippen molar-refractivity contribution in [2.75, 3.05) is 0 Å². The molecule has 0 N–H and O–H groups in total. The predicted molar refractivity (Wildman–Crippen MR) is 85.3 cm³/mol. The molecule has 0 saturated heterocycles. The summed E-state index contributed by atoms with van der Waals surface area (Å²) in [6.07, 6.45) is 3.45.